The molecule has 184 valence electrons. The van der Waals surface area contributed by atoms with E-state index in [4.69, 9.17) is 4.74 Å². The first-order valence-electron chi connectivity index (χ1n) is 12.4. The molecule has 1 saturated carbocycles. The first kappa shape index (κ1) is 25.0. The summed E-state index contributed by atoms with van der Waals surface area (Å²) in [6.07, 6.45) is 3.90. The van der Waals surface area contributed by atoms with Gasteiger partial charge >= 0.3 is 0 Å². The van der Waals surface area contributed by atoms with Crippen LogP contribution in [-0.2, 0) is 16.8 Å². The Labute approximate surface area is 210 Å². The van der Waals surface area contributed by atoms with Gasteiger partial charge in [0.1, 0.15) is 5.75 Å². The fraction of sp³-hybridized carbons (Fsp3) is 0.536. The number of nitrogens with zero attached hydrogens (tertiary/aromatic N) is 1. The average Bonchev–Trinajstić information content (AvgIpc) is 3.42. The Morgan fingerprint density at radius 1 is 1.18 bits per heavy atom. The summed E-state index contributed by atoms with van der Waals surface area (Å²) >= 11 is 0. The third-order valence-electron chi connectivity index (χ3n) is 7.89. The van der Waals surface area contributed by atoms with Gasteiger partial charge in [-0.05, 0) is 63.6 Å². The van der Waals surface area contributed by atoms with E-state index in [9.17, 15) is 4.79 Å². The van der Waals surface area contributed by atoms with Crippen molar-refractivity contribution in [2.24, 2.45) is 5.92 Å². The van der Waals surface area contributed by atoms with E-state index in [2.05, 4.69) is 66.9 Å². The monoisotopic (exact) mass is 483 g/mol. The van der Waals surface area contributed by atoms with Crippen LogP contribution >= 0.6 is 12.4 Å². The Balaban J connectivity index is 0.00000274. The highest BCUT2D eigenvalue weighted by atomic mass is 35.5. The number of fused-ring (bicyclic) bond motifs is 2. The zero-order valence-corrected chi connectivity index (χ0v) is 21.7. The van der Waals surface area contributed by atoms with Crippen LogP contribution in [0.5, 0.6) is 5.75 Å². The SMILES string of the molecule is CC(C)Oc1cc2c(cc1CNC1C(c3ccccc3)NC3CCCC31)C(C)(C)C(=O)N2C.Cl. The summed E-state index contributed by atoms with van der Waals surface area (Å²) in [7, 11) is 1.86. The van der Waals surface area contributed by atoms with Gasteiger partial charge in [-0.25, -0.2) is 0 Å². The van der Waals surface area contributed by atoms with E-state index in [1.165, 1.54) is 24.8 Å². The van der Waals surface area contributed by atoms with E-state index in [0.717, 1.165) is 29.1 Å². The normalized spacial score (nSPS) is 27.0. The summed E-state index contributed by atoms with van der Waals surface area (Å²) in [5.74, 6) is 1.65. The third-order valence-corrected chi connectivity index (χ3v) is 7.89. The number of amides is 1. The van der Waals surface area contributed by atoms with Gasteiger partial charge in [-0.3, -0.25) is 4.79 Å². The number of likely N-dealkylation sites (N-methyl/N-ethyl adjacent to an activating group) is 1. The Morgan fingerprint density at radius 3 is 2.62 bits per heavy atom. The van der Waals surface area contributed by atoms with Crippen molar-refractivity contribution in [2.45, 2.75) is 83.1 Å². The number of anilines is 1. The molecule has 4 unspecified atom stereocenters. The molecule has 1 saturated heterocycles. The Kier molecular flexibility index (Phi) is 7.01. The second kappa shape index (κ2) is 9.52. The van der Waals surface area contributed by atoms with Crippen LogP contribution in [0.2, 0.25) is 0 Å². The van der Waals surface area contributed by atoms with Gasteiger partial charge in [-0.2, -0.15) is 0 Å². The van der Waals surface area contributed by atoms with Crippen molar-refractivity contribution in [3.63, 3.8) is 0 Å². The van der Waals surface area contributed by atoms with Crippen molar-refractivity contribution in [1.29, 1.82) is 0 Å². The first-order valence-corrected chi connectivity index (χ1v) is 12.4. The molecule has 5 nitrogen and oxygen atoms in total. The number of carbonyl (C=O) groups excluding carboxylic acids is 1. The lowest BCUT2D eigenvalue weighted by molar-refractivity contribution is -0.121. The minimum Gasteiger partial charge on any atom is -0.491 e. The molecular formula is C28H38ClN3O2. The van der Waals surface area contributed by atoms with E-state index in [1.54, 1.807) is 4.90 Å². The highest BCUT2D eigenvalue weighted by molar-refractivity contribution is 6.07. The molecular weight excluding hydrogens is 446 g/mol. The quantitative estimate of drug-likeness (QED) is 0.598. The molecule has 2 fully saturated rings. The van der Waals surface area contributed by atoms with E-state index >= 15 is 0 Å². The van der Waals surface area contributed by atoms with Gasteiger partial charge in [-0.1, -0.05) is 36.8 Å². The molecule has 34 heavy (non-hydrogen) atoms. The Bertz CT molecular complexity index is 1040. The lowest BCUT2D eigenvalue weighted by Gasteiger charge is -2.26. The molecule has 2 heterocycles. The van der Waals surface area contributed by atoms with Crippen LogP contribution in [0.25, 0.3) is 0 Å². The number of ether oxygens (including phenoxy) is 1. The van der Waals surface area contributed by atoms with Crippen molar-refractivity contribution in [3.05, 3.63) is 59.2 Å². The molecule has 4 atom stereocenters. The number of carbonyl (C=O) groups is 1. The standard InChI is InChI=1S/C28H37N3O2.ClH/c1-17(2)33-24-15-23-21(28(3,4)27(32)31(23)5)14-19(24)16-29-26-20-12-9-13-22(20)30-25(26)18-10-7-6-8-11-18;/h6-8,10-11,14-15,17,20,22,25-26,29-30H,9,12-13,16H2,1-5H3;1H. The maximum atomic E-state index is 12.9. The van der Waals surface area contributed by atoms with Gasteiger partial charge in [0.2, 0.25) is 5.91 Å². The van der Waals surface area contributed by atoms with E-state index in [1.807, 2.05) is 20.9 Å². The molecule has 2 aromatic carbocycles. The van der Waals surface area contributed by atoms with Gasteiger partial charge in [0.25, 0.3) is 0 Å². The number of halogens is 1. The number of hydrogen-bond donors (Lipinski definition) is 2. The van der Waals surface area contributed by atoms with Gasteiger partial charge in [-0.15, -0.1) is 12.4 Å². The maximum absolute atomic E-state index is 12.9. The first-order chi connectivity index (χ1) is 15.8. The minimum absolute atomic E-state index is 0. The van der Waals surface area contributed by atoms with Gasteiger partial charge < -0.3 is 20.3 Å². The molecule has 0 aromatic heterocycles. The number of nitrogens with one attached hydrogen (secondary N) is 2. The Morgan fingerprint density at radius 2 is 1.91 bits per heavy atom. The Hall–Kier alpha value is -2.08. The lowest BCUT2D eigenvalue weighted by atomic mass is 9.85. The molecule has 0 spiro atoms. The molecule has 3 aliphatic rings. The summed E-state index contributed by atoms with van der Waals surface area (Å²) in [6, 6.07) is 16.4. The molecule has 2 aromatic rings. The summed E-state index contributed by atoms with van der Waals surface area (Å²) in [5, 5.41) is 7.86. The highest BCUT2D eigenvalue weighted by Gasteiger charge is 2.46. The summed E-state index contributed by atoms with van der Waals surface area (Å²) in [6.45, 7) is 8.88. The predicted octanol–water partition coefficient (Wildman–Crippen LogP) is 5.12. The summed E-state index contributed by atoms with van der Waals surface area (Å²) in [4.78, 5) is 14.7. The topological polar surface area (TPSA) is 53.6 Å². The predicted molar refractivity (Wildman–Crippen MR) is 140 cm³/mol. The summed E-state index contributed by atoms with van der Waals surface area (Å²) in [5.41, 5.74) is 4.01. The zero-order chi connectivity index (χ0) is 23.3. The van der Waals surface area contributed by atoms with Crippen LogP contribution in [0.15, 0.2) is 42.5 Å². The molecule has 0 bridgehead atoms. The fourth-order valence-electron chi connectivity index (χ4n) is 6.21. The van der Waals surface area contributed by atoms with Crippen molar-refractivity contribution in [2.75, 3.05) is 11.9 Å². The van der Waals surface area contributed by atoms with Crippen LogP contribution in [0.3, 0.4) is 0 Å². The molecule has 6 heteroatoms. The minimum atomic E-state index is -0.521. The largest absolute Gasteiger partial charge is 0.491 e. The third kappa shape index (κ3) is 4.23. The van der Waals surface area contributed by atoms with Crippen LogP contribution in [0.4, 0.5) is 5.69 Å². The van der Waals surface area contributed by atoms with Crippen molar-refractivity contribution in [3.8, 4) is 5.75 Å². The zero-order valence-electron chi connectivity index (χ0n) is 20.9. The fourth-order valence-corrected chi connectivity index (χ4v) is 6.21. The number of rotatable bonds is 6. The van der Waals surface area contributed by atoms with Crippen LogP contribution in [0, 0.1) is 5.92 Å². The second-order valence-electron chi connectivity index (χ2n) is 10.8. The average molecular weight is 484 g/mol. The second-order valence-corrected chi connectivity index (χ2v) is 10.8. The smallest absolute Gasteiger partial charge is 0.236 e. The van der Waals surface area contributed by atoms with Crippen molar-refractivity contribution < 1.29 is 9.53 Å². The lowest BCUT2D eigenvalue weighted by Crippen LogP contribution is -2.38. The van der Waals surface area contributed by atoms with E-state index < -0.39 is 5.41 Å². The molecule has 1 aliphatic carbocycles. The number of hydrogen-bond acceptors (Lipinski definition) is 4. The molecule has 2 aliphatic heterocycles. The van der Waals surface area contributed by atoms with Gasteiger partial charge in [0.15, 0.2) is 0 Å². The van der Waals surface area contributed by atoms with E-state index in [0.29, 0.717) is 24.0 Å². The molecule has 0 radical (unpaired) electrons. The van der Waals surface area contributed by atoms with Crippen LogP contribution < -0.4 is 20.3 Å². The summed E-state index contributed by atoms with van der Waals surface area (Å²) < 4.78 is 6.24. The van der Waals surface area contributed by atoms with Gasteiger partial charge in [0.05, 0.1) is 17.2 Å². The van der Waals surface area contributed by atoms with Crippen molar-refractivity contribution >= 4 is 24.0 Å². The molecule has 5 rings (SSSR count). The van der Waals surface area contributed by atoms with Gasteiger partial charge in [0, 0.05) is 43.3 Å². The van der Waals surface area contributed by atoms with Crippen molar-refractivity contribution in [1.82, 2.24) is 10.6 Å². The molecule has 1 amide bonds. The highest BCUT2D eigenvalue weighted by Crippen LogP contribution is 2.45. The molecule has 2 N–H and O–H groups in total. The number of benzene rings is 2. The van der Waals surface area contributed by atoms with E-state index in [-0.39, 0.29) is 24.4 Å². The van der Waals surface area contributed by atoms with Crippen LogP contribution in [-0.4, -0.2) is 31.1 Å². The van der Waals surface area contributed by atoms with Crippen LogP contribution in [0.1, 0.15) is 69.7 Å². The maximum Gasteiger partial charge on any atom is 0.236 e.